The van der Waals surface area contributed by atoms with Crippen molar-refractivity contribution in [1.29, 1.82) is 0 Å². The molecule has 2 aromatic rings. The van der Waals surface area contributed by atoms with E-state index in [-0.39, 0.29) is 0 Å². The normalized spacial score (nSPS) is 10.3. The summed E-state index contributed by atoms with van der Waals surface area (Å²) >= 11 is 3.40. The van der Waals surface area contributed by atoms with E-state index in [2.05, 4.69) is 31.2 Å². The minimum atomic E-state index is 0.694. The number of anilines is 1. The lowest BCUT2D eigenvalue weighted by atomic mass is 10.3. The Morgan fingerprint density at radius 1 is 1.40 bits per heavy atom. The quantitative estimate of drug-likeness (QED) is 0.929. The lowest BCUT2D eigenvalue weighted by Gasteiger charge is -2.05. The summed E-state index contributed by atoms with van der Waals surface area (Å²) in [4.78, 5) is 8.46. The lowest BCUT2D eigenvalue weighted by Crippen LogP contribution is -2.02. The van der Waals surface area contributed by atoms with E-state index in [1.165, 1.54) is 0 Å². The molecule has 1 N–H and O–H groups in total. The fraction of sp³-hybridized carbons (Fsp3) is 0.200. The maximum Gasteiger partial charge on any atom is 0.170 e. The molecular weight excluding hydrogens is 258 g/mol. The molecule has 5 heteroatoms. The largest absolute Gasteiger partial charge is 0.461 e. The van der Waals surface area contributed by atoms with Crippen molar-refractivity contribution < 1.29 is 4.42 Å². The Labute approximate surface area is 95.9 Å². The van der Waals surface area contributed by atoms with Crippen molar-refractivity contribution in [3.63, 3.8) is 0 Å². The van der Waals surface area contributed by atoms with Crippen LogP contribution in [0.5, 0.6) is 0 Å². The van der Waals surface area contributed by atoms with Gasteiger partial charge in [-0.2, -0.15) is 0 Å². The van der Waals surface area contributed by atoms with Crippen LogP contribution in [-0.2, 0) is 0 Å². The van der Waals surface area contributed by atoms with Crippen LogP contribution in [0.25, 0.3) is 11.5 Å². The zero-order chi connectivity index (χ0) is 10.7. The highest BCUT2D eigenvalue weighted by molar-refractivity contribution is 9.10. The monoisotopic (exact) mass is 267 g/mol. The van der Waals surface area contributed by atoms with Gasteiger partial charge in [-0.1, -0.05) is 0 Å². The van der Waals surface area contributed by atoms with Gasteiger partial charge < -0.3 is 9.73 Å². The topological polar surface area (TPSA) is 51.0 Å². The Morgan fingerprint density at radius 3 is 2.87 bits per heavy atom. The maximum absolute atomic E-state index is 5.35. The molecule has 0 saturated heterocycles. The molecule has 0 unspecified atom stereocenters. The minimum absolute atomic E-state index is 0.694. The van der Waals surface area contributed by atoms with Crippen molar-refractivity contribution in [3.8, 4) is 11.5 Å². The van der Waals surface area contributed by atoms with Crippen LogP contribution in [0.3, 0.4) is 0 Å². The highest BCUT2D eigenvalue weighted by Gasteiger charge is 2.13. The average molecular weight is 268 g/mol. The Balaban J connectivity index is 2.48. The van der Waals surface area contributed by atoms with E-state index in [0.717, 1.165) is 22.5 Å². The SMILES string of the molecule is CCNc1nccnc1-c1occc1Br. The number of halogens is 1. The third kappa shape index (κ3) is 2.02. The molecule has 78 valence electrons. The van der Waals surface area contributed by atoms with Gasteiger partial charge in [-0.25, -0.2) is 9.97 Å². The second-order valence-corrected chi connectivity index (χ2v) is 3.74. The van der Waals surface area contributed by atoms with Crippen LogP contribution in [0.2, 0.25) is 0 Å². The van der Waals surface area contributed by atoms with Gasteiger partial charge in [0.1, 0.15) is 5.69 Å². The number of rotatable bonds is 3. The summed E-state index contributed by atoms with van der Waals surface area (Å²) in [5, 5.41) is 3.14. The average Bonchev–Trinajstić information content (AvgIpc) is 2.66. The summed E-state index contributed by atoms with van der Waals surface area (Å²) in [7, 11) is 0. The number of hydrogen-bond donors (Lipinski definition) is 1. The summed E-state index contributed by atoms with van der Waals surface area (Å²) in [6.45, 7) is 2.81. The third-order valence-electron chi connectivity index (χ3n) is 1.87. The first-order valence-corrected chi connectivity index (χ1v) is 5.40. The van der Waals surface area contributed by atoms with Crippen LogP contribution in [0.4, 0.5) is 5.82 Å². The van der Waals surface area contributed by atoms with Crippen molar-refractivity contribution in [2.24, 2.45) is 0 Å². The first kappa shape index (κ1) is 10.2. The first-order valence-electron chi connectivity index (χ1n) is 4.61. The second kappa shape index (κ2) is 4.44. The summed E-state index contributed by atoms with van der Waals surface area (Å²) in [5.74, 6) is 1.43. The van der Waals surface area contributed by atoms with E-state index in [1.54, 1.807) is 18.7 Å². The Kier molecular flexibility index (Phi) is 3.01. The zero-order valence-corrected chi connectivity index (χ0v) is 9.78. The van der Waals surface area contributed by atoms with Crippen molar-refractivity contribution in [2.45, 2.75) is 6.92 Å². The van der Waals surface area contributed by atoms with Crippen LogP contribution in [0.15, 0.2) is 33.6 Å². The highest BCUT2D eigenvalue weighted by atomic mass is 79.9. The van der Waals surface area contributed by atoms with Gasteiger partial charge in [0.25, 0.3) is 0 Å². The molecule has 0 atom stereocenters. The predicted octanol–water partition coefficient (Wildman–Crippen LogP) is 2.93. The molecule has 0 radical (unpaired) electrons. The third-order valence-corrected chi connectivity index (χ3v) is 2.50. The second-order valence-electron chi connectivity index (χ2n) is 2.88. The summed E-state index contributed by atoms with van der Waals surface area (Å²) in [6.07, 6.45) is 4.91. The highest BCUT2D eigenvalue weighted by Crippen LogP contribution is 2.31. The van der Waals surface area contributed by atoms with E-state index < -0.39 is 0 Å². The molecule has 0 fully saturated rings. The van der Waals surface area contributed by atoms with Gasteiger partial charge in [0.15, 0.2) is 11.6 Å². The molecule has 4 nitrogen and oxygen atoms in total. The van der Waals surface area contributed by atoms with Crippen molar-refractivity contribution in [1.82, 2.24) is 9.97 Å². The fourth-order valence-electron chi connectivity index (χ4n) is 1.26. The van der Waals surface area contributed by atoms with Gasteiger partial charge in [-0.15, -0.1) is 0 Å². The number of furan rings is 1. The van der Waals surface area contributed by atoms with Crippen LogP contribution in [0, 0.1) is 0 Å². The van der Waals surface area contributed by atoms with E-state index in [1.807, 2.05) is 13.0 Å². The zero-order valence-electron chi connectivity index (χ0n) is 8.20. The van der Waals surface area contributed by atoms with Crippen LogP contribution >= 0.6 is 15.9 Å². The Hall–Kier alpha value is -1.36. The molecule has 0 aliphatic rings. The van der Waals surface area contributed by atoms with Crippen LogP contribution < -0.4 is 5.32 Å². The molecule has 2 aromatic heterocycles. The van der Waals surface area contributed by atoms with E-state index in [9.17, 15) is 0 Å². The molecule has 0 bridgehead atoms. The van der Waals surface area contributed by atoms with Gasteiger partial charge in [-0.05, 0) is 28.9 Å². The molecular formula is C10H10BrN3O. The van der Waals surface area contributed by atoms with Crippen LogP contribution in [0.1, 0.15) is 6.92 Å². The van der Waals surface area contributed by atoms with E-state index >= 15 is 0 Å². The van der Waals surface area contributed by atoms with E-state index in [4.69, 9.17) is 4.42 Å². The number of hydrogen-bond acceptors (Lipinski definition) is 4. The number of nitrogens with one attached hydrogen (secondary N) is 1. The van der Waals surface area contributed by atoms with Gasteiger partial charge >= 0.3 is 0 Å². The summed E-state index contributed by atoms with van der Waals surface area (Å²) < 4.78 is 6.22. The molecule has 0 aliphatic heterocycles. The van der Waals surface area contributed by atoms with E-state index in [0.29, 0.717) is 5.76 Å². The van der Waals surface area contributed by atoms with Gasteiger partial charge in [-0.3, -0.25) is 0 Å². The summed E-state index contributed by atoms with van der Waals surface area (Å²) in [6, 6.07) is 1.83. The molecule has 0 spiro atoms. The van der Waals surface area contributed by atoms with Gasteiger partial charge in [0, 0.05) is 18.9 Å². The first-order chi connectivity index (χ1) is 7.33. The smallest absolute Gasteiger partial charge is 0.170 e. The predicted molar refractivity (Wildman–Crippen MR) is 61.6 cm³/mol. The number of aromatic nitrogens is 2. The van der Waals surface area contributed by atoms with Gasteiger partial charge in [0.05, 0.1) is 10.7 Å². The van der Waals surface area contributed by atoms with Crippen LogP contribution in [-0.4, -0.2) is 16.5 Å². The molecule has 2 rings (SSSR count). The minimum Gasteiger partial charge on any atom is -0.461 e. The molecule has 0 aromatic carbocycles. The molecule has 0 aliphatic carbocycles. The standard InChI is InChI=1S/C10H10BrN3O/c1-2-12-10-8(13-4-5-14-10)9-7(11)3-6-15-9/h3-6H,2H2,1H3,(H,12,14). The number of nitrogens with zero attached hydrogens (tertiary/aromatic N) is 2. The molecule has 0 saturated carbocycles. The maximum atomic E-state index is 5.35. The molecule has 0 amide bonds. The fourth-order valence-corrected chi connectivity index (χ4v) is 1.65. The Bertz CT molecular complexity index is 455. The van der Waals surface area contributed by atoms with Gasteiger partial charge in [0.2, 0.25) is 0 Å². The Morgan fingerprint density at radius 2 is 2.20 bits per heavy atom. The van der Waals surface area contributed by atoms with Crippen molar-refractivity contribution in [3.05, 3.63) is 29.2 Å². The molecule has 15 heavy (non-hydrogen) atoms. The van der Waals surface area contributed by atoms with Crippen molar-refractivity contribution in [2.75, 3.05) is 11.9 Å². The molecule has 2 heterocycles. The lowest BCUT2D eigenvalue weighted by molar-refractivity contribution is 0.578. The van der Waals surface area contributed by atoms with Crippen molar-refractivity contribution >= 4 is 21.7 Å². The summed E-state index contributed by atoms with van der Waals surface area (Å²) in [5.41, 5.74) is 0.719.